The Hall–Kier alpha value is -2.02. The second-order valence-corrected chi connectivity index (χ2v) is 8.50. The van der Waals surface area contributed by atoms with E-state index in [4.69, 9.17) is 4.74 Å². The van der Waals surface area contributed by atoms with Crippen LogP contribution in [-0.2, 0) is 0 Å². The standard InChI is InChI=1S/C21H26N4OS/c1-21(8-11-23-12-9-21)14-26-18-7-10-24-20-19(18)17(13-25-20)15-3-5-16(6-4-15)27-22-2/h3-7,10,13,22-23H,8-9,11-12,14H2,1-2H3,(H,24,25). The number of benzene rings is 1. The van der Waals surface area contributed by atoms with Crippen LogP contribution < -0.4 is 14.8 Å². The van der Waals surface area contributed by atoms with Crippen molar-refractivity contribution < 1.29 is 4.74 Å². The van der Waals surface area contributed by atoms with Gasteiger partial charge in [-0.05, 0) is 68.7 Å². The Morgan fingerprint density at radius 2 is 1.96 bits per heavy atom. The van der Waals surface area contributed by atoms with E-state index in [1.54, 1.807) is 11.9 Å². The van der Waals surface area contributed by atoms with Gasteiger partial charge >= 0.3 is 0 Å². The van der Waals surface area contributed by atoms with Crippen LogP contribution in [0.5, 0.6) is 5.75 Å². The number of fused-ring (bicyclic) bond motifs is 1. The predicted molar refractivity (Wildman–Crippen MR) is 112 cm³/mol. The first-order valence-electron chi connectivity index (χ1n) is 9.42. The van der Waals surface area contributed by atoms with Crippen LogP contribution in [0, 0.1) is 5.41 Å². The molecule has 0 spiro atoms. The SMILES string of the molecule is CNSc1ccc(-c2c[nH]c3nccc(OCC4(C)CCNCC4)c23)cc1. The van der Waals surface area contributed by atoms with Gasteiger partial charge in [-0.1, -0.05) is 19.1 Å². The molecule has 5 nitrogen and oxygen atoms in total. The second-order valence-electron chi connectivity index (χ2n) is 7.41. The van der Waals surface area contributed by atoms with Crippen molar-refractivity contribution in [1.29, 1.82) is 0 Å². The molecule has 2 aromatic heterocycles. The zero-order valence-electron chi connectivity index (χ0n) is 15.8. The van der Waals surface area contributed by atoms with Crippen LogP contribution in [0.15, 0.2) is 47.6 Å². The number of piperidine rings is 1. The molecule has 1 aliphatic rings. The minimum Gasteiger partial charge on any atom is -0.492 e. The quantitative estimate of drug-likeness (QED) is 0.557. The second kappa shape index (κ2) is 7.92. The molecule has 0 saturated carbocycles. The van der Waals surface area contributed by atoms with Crippen molar-refractivity contribution in [1.82, 2.24) is 20.0 Å². The maximum Gasteiger partial charge on any atom is 0.141 e. The molecule has 1 aliphatic heterocycles. The number of aromatic nitrogens is 2. The molecule has 0 aliphatic carbocycles. The van der Waals surface area contributed by atoms with Gasteiger partial charge in [0.15, 0.2) is 0 Å². The van der Waals surface area contributed by atoms with Gasteiger partial charge < -0.3 is 15.0 Å². The van der Waals surface area contributed by atoms with E-state index in [-0.39, 0.29) is 5.41 Å². The van der Waals surface area contributed by atoms with E-state index in [0.717, 1.165) is 60.4 Å². The van der Waals surface area contributed by atoms with Gasteiger partial charge in [-0.15, -0.1) is 0 Å². The number of H-pyrrole nitrogens is 1. The van der Waals surface area contributed by atoms with Gasteiger partial charge in [-0.3, -0.25) is 4.72 Å². The summed E-state index contributed by atoms with van der Waals surface area (Å²) < 4.78 is 9.45. The third kappa shape index (κ3) is 3.98. The number of aromatic amines is 1. The molecule has 3 aromatic rings. The molecule has 0 amide bonds. The van der Waals surface area contributed by atoms with Crippen LogP contribution in [0.2, 0.25) is 0 Å². The minimum absolute atomic E-state index is 0.226. The molecule has 0 bridgehead atoms. The molecule has 1 saturated heterocycles. The fraction of sp³-hybridized carbons (Fsp3) is 0.381. The third-order valence-corrected chi connectivity index (χ3v) is 6.02. The summed E-state index contributed by atoms with van der Waals surface area (Å²) in [6.45, 7) is 5.19. The van der Waals surface area contributed by atoms with Gasteiger partial charge in [-0.25, -0.2) is 4.98 Å². The largest absolute Gasteiger partial charge is 0.492 e. The molecular weight excluding hydrogens is 356 g/mol. The van der Waals surface area contributed by atoms with Crippen LogP contribution in [0.25, 0.3) is 22.2 Å². The van der Waals surface area contributed by atoms with Crippen molar-refractivity contribution in [3.8, 4) is 16.9 Å². The average Bonchev–Trinajstić information content (AvgIpc) is 3.13. The summed E-state index contributed by atoms with van der Waals surface area (Å²) >= 11 is 1.61. The number of nitrogens with zero attached hydrogens (tertiary/aromatic N) is 1. The zero-order chi connectivity index (χ0) is 18.7. The van der Waals surface area contributed by atoms with Crippen LogP contribution in [0.3, 0.4) is 0 Å². The van der Waals surface area contributed by atoms with E-state index in [0.29, 0.717) is 0 Å². The van der Waals surface area contributed by atoms with Crippen LogP contribution in [0.1, 0.15) is 19.8 Å². The molecular formula is C21H26N4OS. The maximum absolute atomic E-state index is 6.34. The molecule has 142 valence electrons. The summed E-state index contributed by atoms with van der Waals surface area (Å²) in [6.07, 6.45) is 6.13. The maximum atomic E-state index is 6.34. The van der Waals surface area contributed by atoms with Crippen LogP contribution in [0.4, 0.5) is 0 Å². The molecule has 3 heterocycles. The Kier molecular flexibility index (Phi) is 5.38. The van der Waals surface area contributed by atoms with Gasteiger partial charge in [0, 0.05) is 28.3 Å². The van der Waals surface area contributed by atoms with E-state index in [2.05, 4.69) is 51.2 Å². The minimum atomic E-state index is 0.226. The van der Waals surface area contributed by atoms with Crippen molar-refractivity contribution in [2.24, 2.45) is 5.41 Å². The van der Waals surface area contributed by atoms with E-state index in [9.17, 15) is 0 Å². The highest BCUT2D eigenvalue weighted by Crippen LogP contribution is 2.36. The summed E-state index contributed by atoms with van der Waals surface area (Å²) in [5.74, 6) is 0.907. The number of hydrogen-bond donors (Lipinski definition) is 3. The summed E-state index contributed by atoms with van der Waals surface area (Å²) in [4.78, 5) is 8.97. The number of nitrogens with one attached hydrogen (secondary N) is 3. The molecule has 1 aromatic carbocycles. The summed E-state index contributed by atoms with van der Waals surface area (Å²) in [5, 5.41) is 4.49. The van der Waals surface area contributed by atoms with Gasteiger partial charge in [0.25, 0.3) is 0 Å². The van der Waals surface area contributed by atoms with E-state index >= 15 is 0 Å². The fourth-order valence-corrected chi connectivity index (χ4v) is 4.13. The summed E-state index contributed by atoms with van der Waals surface area (Å²) in [6, 6.07) is 10.5. The van der Waals surface area contributed by atoms with Gasteiger partial charge in [0.2, 0.25) is 0 Å². The number of pyridine rings is 1. The van der Waals surface area contributed by atoms with E-state index in [1.165, 1.54) is 4.90 Å². The lowest BCUT2D eigenvalue weighted by atomic mass is 9.82. The fourth-order valence-electron chi connectivity index (χ4n) is 3.62. The Bertz CT molecular complexity index is 900. The van der Waals surface area contributed by atoms with Crippen LogP contribution in [-0.4, -0.2) is 36.7 Å². The monoisotopic (exact) mass is 382 g/mol. The number of hydrogen-bond acceptors (Lipinski definition) is 5. The Balaban J connectivity index is 1.63. The third-order valence-electron chi connectivity index (χ3n) is 5.31. The highest BCUT2D eigenvalue weighted by Gasteiger charge is 2.28. The molecule has 0 atom stereocenters. The highest BCUT2D eigenvalue weighted by molar-refractivity contribution is 7.97. The van der Waals surface area contributed by atoms with Crippen molar-refractivity contribution in [3.05, 3.63) is 42.7 Å². The highest BCUT2D eigenvalue weighted by atomic mass is 32.2. The van der Waals surface area contributed by atoms with E-state index < -0.39 is 0 Å². The molecule has 0 unspecified atom stereocenters. The predicted octanol–water partition coefficient (Wildman–Crippen LogP) is 4.22. The molecule has 1 fully saturated rings. The van der Waals surface area contributed by atoms with Crippen LogP contribution >= 0.6 is 11.9 Å². The van der Waals surface area contributed by atoms with Crippen molar-refractivity contribution >= 4 is 23.0 Å². The molecule has 6 heteroatoms. The average molecular weight is 383 g/mol. The van der Waals surface area contributed by atoms with Crippen molar-refractivity contribution in [2.75, 3.05) is 26.7 Å². The molecule has 27 heavy (non-hydrogen) atoms. The lowest BCUT2D eigenvalue weighted by Crippen LogP contribution is -2.38. The van der Waals surface area contributed by atoms with Gasteiger partial charge in [0.05, 0.1) is 12.0 Å². The summed E-state index contributed by atoms with van der Waals surface area (Å²) in [5.41, 5.74) is 3.38. The number of rotatable bonds is 6. The van der Waals surface area contributed by atoms with E-state index in [1.807, 2.05) is 25.5 Å². The normalized spacial score (nSPS) is 16.5. The number of ether oxygens (including phenoxy) is 1. The Morgan fingerprint density at radius 1 is 1.19 bits per heavy atom. The lowest BCUT2D eigenvalue weighted by Gasteiger charge is -2.33. The Labute approximate surface area is 164 Å². The molecule has 0 radical (unpaired) electrons. The lowest BCUT2D eigenvalue weighted by molar-refractivity contribution is 0.124. The first-order valence-corrected chi connectivity index (χ1v) is 10.2. The van der Waals surface area contributed by atoms with Gasteiger partial charge in [0.1, 0.15) is 11.4 Å². The molecule has 4 rings (SSSR count). The smallest absolute Gasteiger partial charge is 0.141 e. The van der Waals surface area contributed by atoms with Crippen molar-refractivity contribution in [2.45, 2.75) is 24.7 Å². The zero-order valence-corrected chi connectivity index (χ0v) is 16.7. The van der Waals surface area contributed by atoms with Crippen molar-refractivity contribution in [3.63, 3.8) is 0 Å². The Morgan fingerprint density at radius 3 is 2.70 bits per heavy atom. The first-order chi connectivity index (χ1) is 13.2. The van der Waals surface area contributed by atoms with Gasteiger partial charge in [-0.2, -0.15) is 0 Å². The summed E-state index contributed by atoms with van der Waals surface area (Å²) in [7, 11) is 1.93. The topological polar surface area (TPSA) is 62.0 Å². The molecule has 3 N–H and O–H groups in total. The first kappa shape index (κ1) is 18.3.